The first-order valence-corrected chi connectivity index (χ1v) is 3.93. The van der Waals surface area contributed by atoms with Gasteiger partial charge in [-0.15, -0.1) is 0 Å². The van der Waals surface area contributed by atoms with Crippen molar-refractivity contribution in [1.29, 1.82) is 0 Å². The Balaban J connectivity index is 2.86. The van der Waals surface area contributed by atoms with Crippen LogP contribution in [0.15, 0.2) is 11.5 Å². The molecule has 5 heteroatoms. The zero-order chi connectivity index (χ0) is 8.59. The largest absolute Gasteiger partial charge is 0.507 e. The van der Waals surface area contributed by atoms with Crippen molar-refractivity contribution in [2.24, 2.45) is 0 Å². The van der Waals surface area contributed by atoms with Gasteiger partial charge in [-0.25, -0.2) is 0 Å². The lowest BCUT2D eigenvalue weighted by Gasteiger charge is -2.10. The van der Waals surface area contributed by atoms with E-state index >= 15 is 0 Å². The number of aliphatic hydroxyl groups is 3. The summed E-state index contributed by atoms with van der Waals surface area (Å²) >= 11 is 0.727. The predicted molar refractivity (Wildman–Crippen MR) is 40.4 cm³/mol. The second-order valence-electron chi connectivity index (χ2n) is 2.30. The van der Waals surface area contributed by atoms with Crippen molar-refractivity contribution in [3.63, 3.8) is 0 Å². The second-order valence-corrected chi connectivity index (χ2v) is 3.41. The maximum atomic E-state index is 10.7. The summed E-state index contributed by atoms with van der Waals surface area (Å²) in [4.78, 5) is 10.7. The molecule has 2 atom stereocenters. The van der Waals surface area contributed by atoms with Crippen molar-refractivity contribution in [3.05, 3.63) is 11.5 Å². The Morgan fingerprint density at radius 3 is 2.27 bits per heavy atom. The van der Waals surface area contributed by atoms with Crippen LogP contribution in [-0.4, -0.2) is 31.8 Å². The van der Waals surface area contributed by atoms with Crippen molar-refractivity contribution in [1.82, 2.24) is 0 Å². The Kier molecular flexibility index (Phi) is 2.10. The minimum atomic E-state index is -0.839. The van der Waals surface area contributed by atoms with Gasteiger partial charge in [0.05, 0.1) is 11.4 Å². The molecule has 0 aromatic rings. The van der Waals surface area contributed by atoms with Crippen molar-refractivity contribution < 1.29 is 20.1 Å². The average molecular weight is 176 g/mol. The molecule has 0 spiro atoms. The number of carbonyl (C=O) groups is 1. The van der Waals surface area contributed by atoms with Crippen molar-refractivity contribution in [3.8, 4) is 0 Å². The molecular weight excluding hydrogens is 168 g/mol. The normalized spacial score (nSPS) is 27.8. The SMILES string of the molecule is CC(O)C1SC(=O)C(O)=C1O. The molecular formula is C6H8O4S. The summed E-state index contributed by atoms with van der Waals surface area (Å²) in [5.74, 6) is -1.06. The Morgan fingerprint density at radius 1 is 1.55 bits per heavy atom. The van der Waals surface area contributed by atoms with Crippen LogP contribution in [0.4, 0.5) is 0 Å². The Labute approximate surface area is 67.5 Å². The minimum Gasteiger partial charge on any atom is -0.507 e. The summed E-state index contributed by atoms with van der Waals surface area (Å²) in [6, 6.07) is 0. The highest BCUT2D eigenvalue weighted by molar-refractivity contribution is 8.15. The van der Waals surface area contributed by atoms with E-state index in [1.54, 1.807) is 0 Å². The van der Waals surface area contributed by atoms with Gasteiger partial charge in [0.25, 0.3) is 5.12 Å². The molecule has 11 heavy (non-hydrogen) atoms. The van der Waals surface area contributed by atoms with Crippen LogP contribution >= 0.6 is 11.8 Å². The minimum absolute atomic E-state index is 0.421. The van der Waals surface area contributed by atoms with E-state index in [4.69, 9.17) is 15.3 Å². The summed E-state index contributed by atoms with van der Waals surface area (Å²) in [6.07, 6.45) is -0.839. The summed E-state index contributed by atoms with van der Waals surface area (Å²) < 4.78 is 0. The summed E-state index contributed by atoms with van der Waals surface area (Å²) in [6.45, 7) is 1.44. The highest BCUT2D eigenvalue weighted by atomic mass is 32.2. The molecule has 3 N–H and O–H groups in total. The first kappa shape index (κ1) is 8.42. The lowest BCUT2D eigenvalue weighted by Crippen LogP contribution is -2.19. The third-order valence-corrected chi connectivity index (χ3v) is 2.66. The van der Waals surface area contributed by atoms with Gasteiger partial charge in [-0.2, -0.15) is 0 Å². The standard InChI is InChI=1S/C6H8O4S/c1-2(7)5-3(8)4(9)6(10)11-5/h2,5,7-9H,1H3. The van der Waals surface area contributed by atoms with E-state index in [0.29, 0.717) is 0 Å². The van der Waals surface area contributed by atoms with Crippen LogP contribution in [0.5, 0.6) is 0 Å². The third-order valence-electron chi connectivity index (χ3n) is 1.38. The fourth-order valence-electron chi connectivity index (χ4n) is 0.793. The molecule has 1 aliphatic heterocycles. The van der Waals surface area contributed by atoms with Crippen LogP contribution in [0.25, 0.3) is 0 Å². The fraction of sp³-hybridized carbons (Fsp3) is 0.500. The predicted octanol–water partition coefficient (Wildman–Crippen LogP) is 0.337. The molecule has 1 heterocycles. The Bertz CT molecular complexity index is 221. The second kappa shape index (κ2) is 2.75. The Morgan fingerprint density at radius 2 is 2.09 bits per heavy atom. The summed E-state index contributed by atoms with van der Waals surface area (Å²) in [5, 5.41) is 25.5. The van der Waals surface area contributed by atoms with E-state index in [1.807, 2.05) is 0 Å². The molecule has 0 aromatic heterocycles. The van der Waals surface area contributed by atoms with E-state index < -0.39 is 28.0 Å². The van der Waals surface area contributed by atoms with E-state index in [9.17, 15) is 4.79 Å². The highest BCUT2D eigenvalue weighted by Crippen LogP contribution is 2.32. The lowest BCUT2D eigenvalue weighted by atomic mass is 10.2. The molecule has 0 radical (unpaired) electrons. The molecule has 0 saturated carbocycles. The maximum Gasteiger partial charge on any atom is 0.258 e. The molecule has 0 aliphatic carbocycles. The van der Waals surface area contributed by atoms with E-state index in [-0.39, 0.29) is 0 Å². The van der Waals surface area contributed by atoms with Crippen molar-refractivity contribution >= 4 is 16.9 Å². The van der Waals surface area contributed by atoms with Crippen LogP contribution < -0.4 is 0 Å². The van der Waals surface area contributed by atoms with Crippen LogP contribution in [0.1, 0.15) is 6.92 Å². The van der Waals surface area contributed by atoms with Gasteiger partial charge in [0.15, 0.2) is 5.76 Å². The molecule has 62 valence electrons. The number of rotatable bonds is 1. The number of hydrogen-bond acceptors (Lipinski definition) is 5. The summed E-state index contributed by atoms with van der Waals surface area (Å²) in [7, 11) is 0. The highest BCUT2D eigenvalue weighted by Gasteiger charge is 2.36. The summed E-state index contributed by atoms with van der Waals surface area (Å²) in [5.41, 5.74) is 0. The molecule has 0 fully saturated rings. The lowest BCUT2D eigenvalue weighted by molar-refractivity contribution is -0.110. The first-order valence-electron chi connectivity index (χ1n) is 3.05. The van der Waals surface area contributed by atoms with Gasteiger partial charge in [0, 0.05) is 0 Å². The van der Waals surface area contributed by atoms with Crippen molar-refractivity contribution in [2.75, 3.05) is 0 Å². The molecule has 0 saturated heterocycles. The molecule has 2 unspecified atom stereocenters. The molecule has 0 amide bonds. The van der Waals surface area contributed by atoms with Crippen LogP contribution in [0, 0.1) is 0 Å². The number of thioether (sulfide) groups is 1. The van der Waals surface area contributed by atoms with Gasteiger partial charge in [-0.3, -0.25) is 4.79 Å². The molecule has 0 aromatic carbocycles. The average Bonchev–Trinajstić information content (AvgIpc) is 2.17. The smallest absolute Gasteiger partial charge is 0.258 e. The fourth-order valence-corrected chi connectivity index (χ4v) is 1.66. The third kappa shape index (κ3) is 1.34. The monoisotopic (exact) mass is 176 g/mol. The topological polar surface area (TPSA) is 77.8 Å². The zero-order valence-electron chi connectivity index (χ0n) is 5.81. The van der Waals surface area contributed by atoms with E-state index in [2.05, 4.69) is 0 Å². The quantitative estimate of drug-likeness (QED) is 0.537. The molecule has 4 nitrogen and oxygen atoms in total. The van der Waals surface area contributed by atoms with Crippen LogP contribution in [0.2, 0.25) is 0 Å². The van der Waals surface area contributed by atoms with Crippen LogP contribution in [0.3, 0.4) is 0 Å². The molecule has 1 aliphatic rings. The van der Waals surface area contributed by atoms with E-state index in [0.717, 1.165) is 11.8 Å². The number of carbonyl (C=O) groups excluding carboxylic acids is 1. The van der Waals surface area contributed by atoms with E-state index in [1.165, 1.54) is 6.92 Å². The Hall–Kier alpha value is -0.680. The van der Waals surface area contributed by atoms with Gasteiger partial charge in [-0.05, 0) is 6.92 Å². The number of hydrogen-bond donors (Lipinski definition) is 3. The van der Waals surface area contributed by atoms with Gasteiger partial charge < -0.3 is 15.3 Å². The molecule has 0 bridgehead atoms. The number of aliphatic hydroxyl groups excluding tert-OH is 3. The van der Waals surface area contributed by atoms with Crippen molar-refractivity contribution in [2.45, 2.75) is 18.3 Å². The first-order chi connectivity index (χ1) is 5.04. The van der Waals surface area contributed by atoms with Crippen LogP contribution in [-0.2, 0) is 4.79 Å². The van der Waals surface area contributed by atoms with Gasteiger partial charge in [0.1, 0.15) is 0 Å². The van der Waals surface area contributed by atoms with Gasteiger partial charge in [0.2, 0.25) is 5.76 Å². The van der Waals surface area contributed by atoms with Gasteiger partial charge >= 0.3 is 0 Å². The molecule has 1 rings (SSSR count). The maximum absolute atomic E-state index is 10.7. The van der Waals surface area contributed by atoms with Gasteiger partial charge in [-0.1, -0.05) is 11.8 Å². The zero-order valence-corrected chi connectivity index (χ0v) is 6.63.